The third kappa shape index (κ3) is 3.02. The Labute approximate surface area is 139 Å². The van der Waals surface area contributed by atoms with Crippen LogP contribution in [0.1, 0.15) is 40.9 Å². The average Bonchev–Trinajstić information content (AvgIpc) is 3.31. The first-order valence-corrected chi connectivity index (χ1v) is 8.23. The van der Waals surface area contributed by atoms with Crippen LogP contribution >= 0.6 is 0 Å². The third-order valence-corrected chi connectivity index (χ3v) is 4.55. The molecule has 1 saturated heterocycles. The number of aromatic nitrogens is 3. The quantitative estimate of drug-likeness (QED) is 0.888. The number of nitrogens with zero attached hydrogens (tertiary/aromatic N) is 4. The van der Waals surface area contributed by atoms with Gasteiger partial charge in [0.2, 0.25) is 5.91 Å². The lowest BCUT2D eigenvalue weighted by atomic mass is 10.1. The number of hydrogen-bond acceptors (Lipinski definition) is 4. The van der Waals surface area contributed by atoms with E-state index in [-0.39, 0.29) is 24.4 Å². The maximum atomic E-state index is 12.1. The smallest absolute Gasteiger partial charge is 0.251 e. The van der Waals surface area contributed by atoms with Crippen molar-refractivity contribution in [3.63, 3.8) is 0 Å². The van der Waals surface area contributed by atoms with E-state index >= 15 is 0 Å². The molecule has 2 fully saturated rings. The number of likely N-dealkylation sites (tertiary alicyclic amines) is 1. The van der Waals surface area contributed by atoms with Gasteiger partial charge in [0, 0.05) is 30.8 Å². The Bertz CT molecular complexity index is 747. The fourth-order valence-corrected chi connectivity index (χ4v) is 2.82. The van der Waals surface area contributed by atoms with Crippen molar-refractivity contribution in [2.45, 2.75) is 24.8 Å². The van der Waals surface area contributed by atoms with Gasteiger partial charge in [-0.05, 0) is 25.0 Å². The van der Waals surface area contributed by atoms with E-state index in [9.17, 15) is 9.59 Å². The van der Waals surface area contributed by atoms with Crippen molar-refractivity contribution in [2.24, 2.45) is 0 Å². The van der Waals surface area contributed by atoms with E-state index in [1.807, 2.05) is 16.9 Å². The Hall–Kier alpha value is -2.70. The second kappa shape index (κ2) is 6.07. The standard InChI is InChI=1S/C17H19N5O2/c23-16(8-18-17(24)13-4-2-1-3-5-13)21-9-14(10-21)22-11-15(19-20-22)12-6-7-12/h1-5,11-12,14H,6-10H2,(H,18,24). The summed E-state index contributed by atoms with van der Waals surface area (Å²) in [7, 11) is 0. The minimum atomic E-state index is -0.230. The molecule has 2 heterocycles. The second-order valence-electron chi connectivity index (χ2n) is 6.40. The molecule has 0 unspecified atom stereocenters. The monoisotopic (exact) mass is 325 g/mol. The van der Waals surface area contributed by atoms with Crippen LogP contribution in [0.5, 0.6) is 0 Å². The Morgan fingerprint density at radius 1 is 1.17 bits per heavy atom. The van der Waals surface area contributed by atoms with Crippen molar-refractivity contribution in [2.75, 3.05) is 19.6 Å². The van der Waals surface area contributed by atoms with Crippen molar-refractivity contribution >= 4 is 11.8 Å². The lowest BCUT2D eigenvalue weighted by Gasteiger charge is -2.38. The van der Waals surface area contributed by atoms with Crippen LogP contribution in [0.15, 0.2) is 36.5 Å². The molecule has 4 rings (SSSR count). The second-order valence-corrected chi connectivity index (χ2v) is 6.40. The molecule has 7 heteroatoms. The Kier molecular flexibility index (Phi) is 3.76. The summed E-state index contributed by atoms with van der Waals surface area (Å²) >= 11 is 0. The lowest BCUT2D eigenvalue weighted by molar-refractivity contribution is -0.136. The number of rotatable bonds is 5. The molecule has 2 aliphatic rings. The molecule has 7 nitrogen and oxygen atoms in total. The topological polar surface area (TPSA) is 80.1 Å². The summed E-state index contributed by atoms with van der Waals surface area (Å²) in [5.74, 6) is 0.286. The van der Waals surface area contributed by atoms with Gasteiger partial charge in [0.05, 0.1) is 18.3 Å². The number of amides is 2. The Morgan fingerprint density at radius 3 is 2.62 bits per heavy atom. The van der Waals surface area contributed by atoms with Crippen molar-refractivity contribution in [3.8, 4) is 0 Å². The van der Waals surface area contributed by atoms with E-state index < -0.39 is 0 Å². The maximum Gasteiger partial charge on any atom is 0.251 e. The maximum absolute atomic E-state index is 12.1. The summed E-state index contributed by atoms with van der Waals surface area (Å²) in [6.07, 6.45) is 4.41. The highest BCUT2D eigenvalue weighted by atomic mass is 16.2. The molecule has 2 amide bonds. The summed E-state index contributed by atoms with van der Waals surface area (Å²) in [5.41, 5.74) is 1.62. The molecule has 0 spiro atoms. The van der Waals surface area contributed by atoms with Crippen LogP contribution in [0, 0.1) is 0 Å². The van der Waals surface area contributed by atoms with Crippen molar-refractivity contribution in [3.05, 3.63) is 47.8 Å². The molecule has 1 saturated carbocycles. The van der Waals surface area contributed by atoms with Gasteiger partial charge < -0.3 is 10.2 Å². The SMILES string of the molecule is O=C(NCC(=O)N1CC(n2cc(C3CC3)nn2)C1)c1ccccc1. The van der Waals surface area contributed by atoms with Crippen molar-refractivity contribution in [1.29, 1.82) is 0 Å². The largest absolute Gasteiger partial charge is 0.343 e. The molecule has 2 aromatic rings. The number of nitrogens with one attached hydrogen (secondary N) is 1. The van der Waals surface area contributed by atoms with Gasteiger partial charge >= 0.3 is 0 Å². The Balaban J connectivity index is 1.24. The van der Waals surface area contributed by atoms with E-state index in [0.29, 0.717) is 24.6 Å². The van der Waals surface area contributed by atoms with E-state index in [1.165, 1.54) is 12.8 Å². The molecular formula is C17H19N5O2. The van der Waals surface area contributed by atoms with Crippen molar-refractivity contribution < 1.29 is 9.59 Å². The van der Waals surface area contributed by atoms with Gasteiger partial charge in [-0.25, -0.2) is 4.68 Å². The van der Waals surface area contributed by atoms with Gasteiger partial charge in [-0.15, -0.1) is 5.10 Å². The summed E-state index contributed by atoms with van der Waals surface area (Å²) in [5, 5.41) is 11.0. The first kappa shape index (κ1) is 14.9. The van der Waals surface area contributed by atoms with Gasteiger partial charge in [0.25, 0.3) is 5.91 Å². The molecule has 1 N–H and O–H groups in total. The minimum Gasteiger partial charge on any atom is -0.343 e. The van der Waals surface area contributed by atoms with Crippen LogP contribution < -0.4 is 5.32 Å². The van der Waals surface area contributed by atoms with Crippen LogP contribution in [0.3, 0.4) is 0 Å². The molecule has 0 radical (unpaired) electrons. The molecule has 0 atom stereocenters. The highest BCUT2D eigenvalue weighted by molar-refractivity contribution is 5.96. The predicted molar refractivity (Wildman–Crippen MR) is 86.4 cm³/mol. The van der Waals surface area contributed by atoms with Crippen LogP contribution in [-0.4, -0.2) is 51.3 Å². The van der Waals surface area contributed by atoms with E-state index in [4.69, 9.17) is 0 Å². The molecule has 1 aromatic carbocycles. The molecule has 1 aromatic heterocycles. The van der Waals surface area contributed by atoms with Crippen LogP contribution in [0.25, 0.3) is 0 Å². The molecular weight excluding hydrogens is 306 g/mol. The fraction of sp³-hybridized carbons (Fsp3) is 0.412. The van der Waals surface area contributed by atoms with Crippen molar-refractivity contribution in [1.82, 2.24) is 25.2 Å². The fourth-order valence-electron chi connectivity index (χ4n) is 2.82. The molecule has 0 bridgehead atoms. The first-order chi connectivity index (χ1) is 11.7. The summed E-state index contributed by atoms with van der Waals surface area (Å²) in [6, 6.07) is 9.08. The number of carbonyl (C=O) groups excluding carboxylic acids is 2. The number of hydrogen-bond donors (Lipinski definition) is 1. The minimum absolute atomic E-state index is 0.0190. The van der Waals surface area contributed by atoms with Gasteiger partial charge in [0.15, 0.2) is 0 Å². The molecule has 124 valence electrons. The molecule has 24 heavy (non-hydrogen) atoms. The van der Waals surface area contributed by atoms with Crippen LogP contribution in [0.4, 0.5) is 0 Å². The third-order valence-electron chi connectivity index (χ3n) is 4.55. The zero-order valence-electron chi connectivity index (χ0n) is 13.3. The van der Waals surface area contributed by atoms with E-state index in [2.05, 4.69) is 15.6 Å². The number of carbonyl (C=O) groups is 2. The van der Waals surface area contributed by atoms with Gasteiger partial charge in [-0.2, -0.15) is 0 Å². The Morgan fingerprint density at radius 2 is 1.92 bits per heavy atom. The number of benzene rings is 1. The average molecular weight is 325 g/mol. The van der Waals surface area contributed by atoms with E-state index in [1.54, 1.807) is 29.2 Å². The predicted octanol–water partition coefficient (Wildman–Crippen LogP) is 0.969. The van der Waals surface area contributed by atoms with Crippen LogP contribution in [0.2, 0.25) is 0 Å². The zero-order valence-corrected chi connectivity index (χ0v) is 13.3. The highest BCUT2D eigenvalue weighted by Gasteiger charge is 2.34. The molecule has 1 aliphatic carbocycles. The normalized spacial score (nSPS) is 17.4. The highest BCUT2D eigenvalue weighted by Crippen LogP contribution is 2.39. The molecule has 1 aliphatic heterocycles. The van der Waals surface area contributed by atoms with Gasteiger partial charge in [-0.3, -0.25) is 9.59 Å². The summed E-state index contributed by atoms with van der Waals surface area (Å²) in [6.45, 7) is 1.26. The van der Waals surface area contributed by atoms with Gasteiger partial charge in [0.1, 0.15) is 0 Å². The lowest BCUT2D eigenvalue weighted by Crippen LogP contribution is -2.53. The zero-order chi connectivity index (χ0) is 16.5. The van der Waals surface area contributed by atoms with E-state index in [0.717, 1.165) is 5.69 Å². The summed E-state index contributed by atoms with van der Waals surface area (Å²) in [4.78, 5) is 25.8. The van der Waals surface area contributed by atoms with Crippen LogP contribution in [-0.2, 0) is 4.79 Å². The van der Waals surface area contributed by atoms with Gasteiger partial charge in [-0.1, -0.05) is 23.4 Å². The summed E-state index contributed by atoms with van der Waals surface area (Å²) < 4.78 is 1.86. The first-order valence-electron chi connectivity index (χ1n) is 8.23.